The minimum absolute atomic E-state index is 0.0844. The van der Waals surface area contributed by atoms with Crippen molar-refractivity contribution in [2.45, 2.75) is 10.8 Å². The SMILES string of the molecule is CN1c2ccccc2C(C(=O)Sc2ccccc2Cl)c2ccccc21. The first-order valence-electron chi connectivity index (χ1n) is 8.04. The molecule has 4 heteroatoms. The zero-order chi connectivity index (χ0) is 17.4. The first kappa shape index (κ1) is 16.2. The van der Waals surface area contributed by atoms with Gasteiger partial charge >= 0.3 is 0 Å². The molecule has 0 aromatic heterocycles. The van der Waals surface area contributed by atoms with Crippen LogP contribution in [-0.2, 0) is 4.79 Å². The molecule has 0 atom stereocenters. The van der Waals surface area contributed by atoms with Crippen LogP contribution in [0.25, 0.3) is 0 Å². The molecule has 1 heterocycles. The number of hydrogen-bond acceptors (Lipinski definition) is 3. The minimum atomic E-state index is -0.301. The summed E-state index contributed by atoms with van der Waals surface area (Å²) >= 11 is 7.47. The summed E-state index contributed by atoms with van der Waals surface area (Å²) in [6, 6.07) is 23.7. The molecule has 0 saturated heterocycles. The van der Waals surface area contributed by atoms with Gasteiger partial charge in [-0.15, -0.1) is 0 Å². The standard InChI is InChI=1S/C21H16ClNOS/c1-23-17-11-5-2-8-14(17)20(15-9-3-6-12-18(15)23)21(24)25-19-13-7-4-10-16(19)22/h2-13,20H,1H3. The smallest absolute Gasteiger partial charge is 0.205 e. The summed E-state index contributed by atoms with van der Waals surface area (Å²) in [5.41, 5.74) is 4.21. The van der Waals surface area contributed by atoms with Crippen LogP contribution in [0.3, 0.4) is 0 Å². The average molecular weight is 366 g/mol. The molecule has 0 aliphatic carbocycles. The number of hydrogen-bond donors (Lipinski definition) is 0. The number of rotatable bonds is 2. The van der Waals surface area contributed by atoms with Gasteiger partial charge in [0.2, 0.25) is 5.12 Å². The van der Waals surface area contributed by atoms with Crippen molar-refractivity contribution in [1.82, 2.24) is 0 Å². The quantitative estimate of drug-likeness (QED) is 0.529. The molecule has 0 bridgehead atoms. The first-order valence-corrected chi connectivity index (χ1v) is 9.24. The van der Waals surface area contributed by atoms with Gasteiger partial charge in [-0.1, -0.05) is 60.1 Å². The maximum atomic E-state index is 13.2. The van der Waals surface area contributed by atoms with Crippen molar-refractivity contribution in [1.29, 1.82) is 0 Å². The van der Waals surface area contributed by atoms with E-state index in [1.807, 2.05) is 67.7 Å². The topological polar surface area (TPSA) is 20.3 Å². The summed E-state index contributed by atoms with van der Waals surface area (Å²) in [7, 11) is 2.04. The molecule has 124 valence electrons. The highest BCUT2D eigenvalue weighted by Crippen LogP contribution is 2.47. The fourth-order valence-corrected chi connectivity index (χ4v) is 4.47. The second kappa shape index (κ2) is 6.58. The van der Waals surface area contributed by atoms with E-state index in [9.17, 15) is 4.79 Å². The Hall–Kier alpha value is -2.23. The van der Waals surface area contributed by atoms with Crippen LogP contribution in [0, 0.1) is 0 Å². The lowest BCUT2D eigenvalue weighted by atomic mass is 9.86. The summed E-state index contributed by atoms with van der Waals surface area (Å²) in [6.45, 7) is 0. The summed E-state index contributed by atoms with van der Waals surface area (Å²) in [6.07, 6.45) is 0. The van der Waals surface area contributed by atoms with Crippen LogP contribution in [0.2, 0.25) is 5.02 Å². The van der Waals surface area contributed by atoms with Crippen LogP contribution < -0.4 is 4.90 Å². The van der Waals surface area contributed by atoms with Gasteiger partial charge in [-0.3, -0.25) is 4.79 Å². The number of fused-ring (bicyclic) bond motifs is 2. The van der Waals surface area contributed by atoms with Crippen molar-refractivity contribution in [3.8, 4) is 0 Å². The van der Waals surface area contributed by atoms with Crippen molar-refractivity contribution in [2.24, 2.45) is 0 Å². The molecule has 0 fully saturated rings. The number of halogens is 1. The Bertz CT molecular complexity index is 908. The van der Waals surface area contributed by atoms with Gasteiger partial charge in [-0.25, -0.2) is 0 Å². The number of benzene rings is 3. The van der Waals surface area contributed by atoms with Crippen LogP contribution in [-0.4, -0.2) is 12.2 Å². The molecule has 0 N–H and O–H groups in total. The van der Waals surface area contributed by atoms with Gasteiger partial charge in [0, 0.05) is 23.3 Å². The number of nitrogens with zero attached hydrogens (tertiary/aromatic N) is 1. The van der Waals surface area contributed by atoms with E-state index >= 15 is 0 Å². The van der Waals surface area contributed by atoms with E-state index in [-0.39, 0.29) is 11.0 Å². The van der Waals surface area contributed by atoms with Gasteiger partial charge in [0.1, 0.15) is 0 Å². The lowest BCUT2D eigenvalue weighted by molar-refractivity contribution is -0.111. The Kier molecular flexibility index (Phi) is 4.28. The lowest BCUT2D eigenvalue weighted by Crippen LogP contribution is -2.24. The molecule has 0 unspecified atom stereocenters. The van der Waals surface area contributed by atoms with Crippen LogP contribution in [0.4, 0.5) is 11.4 Å². The average Bonchev–Trinajstić information content (AvgIpc) is 2.64. The maximum absolute atomic E-state index is 13.2. The maximum Gasteiger partial charge on any atom is 0.205 e. The van der Waals surface area contributed by atoms with E-state index in [0.29, 0.717) is 5.02 Å². The summed E-state index contributed by atoms with van der Waals surface area (Å²) in [5.74, 6) is -0.301. The highest BCUT2D eigenvalue weighted by molar-refractivity contribution is 8.13. The third-order valence-corrected chi connectivity index (χ3v) is 5.96. The lowest BCUT2D eigenvalue weighted by Gasteiger charge is -2.34. The Labute approximate surface area is 156 Å². The fourth-order valence-electron chi connectivity index (χ4n) is 3.32. The Morgan fingerprint density at radius 3 is 2.00 bits per heavy atom. The molecule has 1 aliphatic heterocycles. The van der Waals surface area contributed by atoms with E-state index in [2.05, 4.69) is 17.0 Å². The Morgan fingerprint density at radius 2 is 1.40 bits per heavy atom. The molecular weight excluding hydrogens is 350 g/mol. The molecule has 3 aromatic carbocycles. The van der Waals surface area contributed by atoms with Crippen LogP contribution >= 0.6 is 23.4 Å². The molecule has 3 aromatic rings. The van der Waals surface area contributed by atoms with Crippen LogP contribution in [0.1, 0.15) is 17.0 Å². The van der Waals surface area contributed by atoms with Crippen molar-refractivity contribution < 1.29 is 4.79 Å². The minimum Gasteiger partial charge on any atom is -0.344 e. The predicted molar refractivity (Wildman–Crippen MR) is 105 cm³/mol. The van der Waals surface area contributed by atoms with Gasteiger partial charge < -0.3 is 4.90 Å². The monoisotopic (exact) mass is 365 g/mol. The van der Waals surface area contributed by atoms with Gasteiger partial charge in [-0.05, 0) is 47.2 Å². The highest BCUT2D eigenvalue weighted by atomic mass is 35.5. The summed E-state index contributed by atoms with van der Waals surface area (Å²) in [5, 5.41) is 0.691. The zero-order valence-corrected chi connectivity index (χ0v) is 15.2. The number of carbonyl (C=O) groups is 1. The van der Waals surface area contributed by atoms with E-state index in [4.69, 9.17) is 11.6 Å². The molecule has 0 radical (unpaired) electrons. The normalized spacial score (nSPS) is 13.3. The molecule has 0 saturated carbocycles. The molecule has 4 rings (SSSR count). The number of para-hydroxylation sites is 2. The van der Waals surface area contributed by atoms with E-state index in [1.54, 1.807) is 0 Å². The Balaban J connectivity index is 1.80. The van der Waals surface area contributed by atoms with Crippen molar-refractivity contribution in [2.75, 3.05) is 11.9 Å². The molecular formula is C21H16ClNOS. The first-order chi connectivity index (χ1) is 12.2. The van der Waals surface area contributed by atoms with Gasteiger partial charge in [-0.2, -0.15) is 0 Å². The van der Waals surface area contributed by atoms with Gasteiger partial charge in [0.05, 0.1) is 10.9 Å². The molecule has 0 spiro atoms. The summed E-state index contributed by atoms with van der Waals surface area (Å²) in [4.78, 5) is 16.2. The van der Waals surface area contributed by atoms with Crippen molar-refractivity contribution >= 4 is 39.9 Å². The number of carbonyl (C=O) groups excluding carboxylic acids is 1. The summed E-state index contributed by atoms with van der Waals surface area (Å²) < 4.78 is 0. The number of anilines is 2. The number of thioether (sulfide) groups is 1. The second-order valence-corrected chi connectivity index (χ2v) is 7.41. The van der Waals surface area contributed by atoms with E-state index in [1.165, 1.54) is 11.8 Å². The third-order valence-electron chi connectivity index (χ3n) is 4.50. The van der Waals surface area contributed by atoms with Crippen LogP contribution in [0.15, 0.2) is 77.7 Å². The molecule has 25 heavy (non-hydrogen) atoms. The largest absolute Gasteiger partial charge is 0.344 e. The molecule has 2 nitrogen and oxygen atoms in total. The predicted octanol–water partition coefficient (Wildman–Crippen LogP) is 5.87. The van der Waals surface area contributed by atoms with Crippen LogP contribution in [0.5, 0.6) is 0 Å². The fraction of sp³-hybridized carbons (Fsp3) is 0.0952. The van der Waals surface area contributed by atoms with Gasteiger partial charge in [0.15, 0.2) is 0 Å². The van der Waals surface area contributed by atoms with Gasteiger partial charge in [0.25, 0.3) is 0 Å². The molecule has 0 amide bonds. The van der Waals surface area contributed by atoms with E-state index in [0.717, 1.165) is 27.4 Å². The highest BCUT2D eigenvalue weighted by Gasteiger charge is 2.33. The van der Waals surface area contributed by atoms with Crippen molar-refractivity contribution in [3.05, 3.63) is 88.9 Å². The molecule has 1 aliphatic rings. The Morgan fingerprint density at radius 1 is 0.880 bits per heavy atom. The van der Waals surface area contributed by atoms with E-state index < -0.39 is 0 Å². The second-order valence-electron chi connectivity index (χ2n) is 5.96. The third kappa shape index (κ3) is 2.84. The van der Waals surface area contributed by atoms with Crippen molar-refractivity contribution in [3.63, 3.8) is 0 Å². The zero-order valence-electron chi connectivity index (χ0n) is 13.6.